The highest BCUT2D eigenvalue weighted by Crippen LogP contribution is 2.21. The average Bonchev–Trinajstić information content (AvgIpc) is 2.00. The zero-order valence-electron chi connectivity index (χ0n) is 9.16. The number of hydrogen-bond donors (Lipinski definition) is 4. The normalized spacial score (nSPS) is 16.1. The highest BCUT2D eigenvalue weighted by molar-refractivity contribution is 5.65. The van der Waals surface area contributed by atoms with Gasteiger partial charge >= 0.3 is 6.09 Å². The molecule has 2 atom stereocenters. The Morgan fingerprint density at radius 1 is 1.43 bits per heavy atom. The molecule has 1 amide bonds. The summed E-state index contributed by atoms with van der Waals surface area (Å²) in [6.07, 6.45) is -1.83. The van der Waals surface area contributed by atoms with Gasteiger partial charge in [0, 0.05) is 6.54 Å². The molecule has 1 unspecified atom stereocenters. The molecule has 84 valence electrons. The molecule has 0 radical (unpaired) electrons. The second-order valence-corrected chi connectivity index (χ2v) is 4.42. The lowest BCUT2D eigenvalue weighted by atomic mass is 9.84. The molecule has 0 fully saturated rings. The van der Waals surface area contributed by atoms with Gasteiger partial charge in [-0.05, 0) is 12.5 Å². The lowest BCUT2D eigenvalue weighted by molar-refractivity contribution is 0.0300. The van der Waals surface area contributed by atoms with E-state index in [1.165, 1.54) is 0 Å². The van der Waals surface area contributed by atoms with E-state index in [1.54, 1.807) is 7.05 Å². The first-order chi connectivity index (χ1) is 6.29. The lowest BCUT2D eigenvalue weighted by Gasteiger charge is -2.32. The van der Waals surface area contributed by atoms with E-state index in [0.717, 1.165) is 0 Å². The number of hydrogen-bond acceptors (Lipinski definition) is 3. The van der Waals surface area contributed by atoms with E-state index in [1.807, 2.05) is 20.8 Å². The number of nitrogens with one attached hydrogen (secondary N) is 2. The van der Waals surface area contributed by atoms with E-state index in [0.29, 0.717) is 6.54 Å². The first kappa shape index (κ1) is 13.2. The topological polar surface area (TPSA) is 81.6 Å². The predicted octanol–water partition coefficient (Wildman–Crippen LogP) is 0.249. The molecule has 0 aliphatic carbocycles. The number of aliphatic hydroxyl groups excluding tert-OH is 1. The summed E-state index contributed by atoms with van der Waals surface area (Å²) in [5, 5.41) is 23.6. The van der Waals surface area contributed by atoms with Crippen molar-refractivity contribution in [3.05, 3.63) is 0 Å². The summed E-state index contributed by atoms with van der Waals surface area (Å²) in [6.45, 7) is 6.00. The third-order valence-corrected chi connectivity index (χ3v) is 2.00. The Morgan fingerprint density at radius 3 is 2.21 bits per heavy atom. The van der Waals surface area contributed by atoms with Crippen LogP contribution < -0.4 is 10.6 Å². The highest BCUT2D eigenvalue weighted by atomic mass is 16.4. The molecule has 0 saturated heterocycles. The second-order valence-electron chi connectivity index (χ2n) is 4.42. The zero-order chi connectivity index (χ0) is 11.4. The van der Waals surface area contributed by atoms with Crippen molar-refractivity contribution in [3.8, 4) is 0 Å². The van der Waals surface area contributed by atoms with Crippen molar-refractivity contribution in [2.24, 2.45) is 5.41 Å². The monoisotopic (exact) mass is 204 g/mol. The Labute approximate surface area is 84.5 Å². The number of carbonyl (C=O) groups is 1. The lowest BCUT2D eigenvalue weighted by Crippen LogP contribution is -2.52. The summed E-state index contributed by atoms with van der Waals surface area (Å²) in [7, 11) is 1.71. The van der Waals surface area contributed by atoms with E-state index in [2.05, 4.69) is 10.6 Å². The molecular weight excluding hydrogens is 184 g/mol. The summed E-state index contributed by atoms with van der Waals surface area (Å²) >= 11 is 0. The van der Waals surface area contributed by atoms with E-state index in [9.17, 15) is 9.90 Å². The van der Waals surface area contributed by atoms with Crippen molar-refractivity contribution in [3.63, 3.8) is 0 Å². The molecule has 0 aromatic heterocycles. The Morgan fingerprint density at radius 2 is 1.93 bits per heavy atom. The predicted molar refractivity (Wildman–Crippen MR) is 54.3 cm³/mol. The van der Waals surface area contributed by atoms with Crippen LogP contribution in [0.15, 0.2) is 0 Å². The molecule has 0 spiro atoms. The maximum Gasteiger partial charge on any atom is 0.405 e. The second kappa shape index (κ2) is 5.17. The number of amides is 1. The smallest absolute Gasteiger partial charge is 0.405 e. The molecular formula is C9H20N2O3. The Balaban J connectivity index is 4.40. The van der Waals surface area contributed by atoms with Gasteiger partial charge in [0.2, 0.25) is 0 Å². The van der Waals surface area contributed by atoms with Crippen LogP contribution in [0.3, 0.4) is 0 Å². The van der Waals surface area contributed by atoms with Crippen LogP contribution >= 0.6 is 0 Å². The Bertz CT molecular complexity index is 189. The van der Waals surface area contributed by atoms with Crippen LogP contribution in [-0.4, -0.2) is 42.0 Å². The van der Waals surface area contributed by atoms with Gasteiger partial charge in [-0.2, -0.15) is 0 Å². The van der Waals surface area contributed by atoms with Gasteiger partial charge in [-0.15, -0.1) is 0 Å². The van der Waals surface area contributed by atoms with Gasteiger partial charge in [-0.1, -0.05) is 20.8 Å². The minimum absolute atomic E-state index is 0.343. The van der Waals surface area contributed by atoms with Crippen LogP contribution in [0.5, 0.6) is 0 Å². The van der Waals surface area contributed by atoms with Gasteiger partial charge in [-0.25, -0.2) is 4.79 Å². The summed E-state index contributed by atoms with van der Waals surface area (Å²) in [4.78, 5) is 10.5. The maximum absolute atomic E-state index is 10.5. The minimum atomic E-state index is -1.12. The molecule has 0 heterocycles. The molecule has 5 heteroatoms. The quantitative estimate of drug-likeness (QED) is 0.529. The van der Waals surface area contributed by atoms with E-state index >= 15 is 0 Å². The first-order valence-corrected chi connectivity index (χ1v) is 4.61. The molecule has 0 aliphatic rings. The van der Waals surface area contributed by atoms with Crippen molar-refractivity contribution >= 4 is 6.09 Å². The SMILES string of the molecule is CNCC(NC(=O)O)[C@@H](O)C(C)(C)C. The molecule has 0 bridgehead atoms. The molecule has 0 rings (SSSR count). The molecule has 0 aromatic rings. The van der Waals surface area contributed by atoms with E-state index < -0.39 is 18.2 Å². The minimum Gasteiger partial charge on any atom is -0.465 e. The number of carboxylic acid groups (broad SMARTS) is 1. The van der Waals surface area contributed by atoms with E-state index in [-0.39, 0.29) is 5.41 Å². The van der Waals surface area contributed by atoms with Gasteiger partial charge in [0.25, 0.3) is 0 Å². The molecule has 5 nitrogen and oxygen atoms in total. The Hall–Kier alpha value is -0.810. The van der Waals surface area contributed by atoms with Crippen molar-refractivity contribution in [1.82, 2.24) is 10.6 Å². The summed E-state index contributed by atoms with van der Waals surface area (Å²) in [5.41, 5.74) is -0.343. The summed E-state index contributed by atoms with van der Waals surface area (Å²) < 4.78 is 0. The molecule has 0 aliphatic heterocycles. The van der Waals surface area contributed by atoms with Crippen LogP contribution in [0, 0.1) is 5.41 Å². The maximum atomic E-state index is 10.5. The number of rotatable bonds is 4. The summed E-state index contributed by atoms with van der Waals surface area (Å²) in [5.74, 6) is 0. The molecule has 14 heavy (non-hydrogen) atoms. The molecule has 0 aromatic carbocycles. The average molecular weight is 204 g/mol. The van der Waals surface area contributed by atoms with Crippen LogP contribution in [0.25, 0.3) is 0 Å². The van der Waals surface area contributed by atoms with Crippen LogP contribution in [0.4, 0.5) is 4.79 Å². The van der Waals surface area contributed by atoms with Crippen LogP contribution in [0.1, 0.15) is 20.8 Å². The molecule has 0 saturated carbocycles. The largest absolute Gasteiger partial charge is 0.465 e. The van der Waals surface area contributed by atoms with Gasteiger partial charge < -0.3 is 20.8 Å². The highest BCUT2D eigenvalue weighted by Gasteiger charge is 2.30. The van der Waals surface area contributed by atoms with Crippen molar-refractivity contribution < 1.29 is 15.0 Å². The summed E-state index contributed by atoms with van der Waals surface area (Å²) in [6, 6.07) is -0.488. The fourth-order valence-electron chi connectivity index (χ4n) is 1.22. The third kappa shape index (κ3) is 4.43. The van der Waals surface area contributed by atoms with Gasteiger partial charge in [0.05, 0.1) is 12.1 Å². The van der Waals surface area contributed by atoms with Gasteiger partial charge in [-0.3, -0.25) is 0 Å². The van der Waals surface area contributed by atoms with Crippen LogP contribution in [0.2, 0.25) is 0 Å². The van der Waals surface area contributed by atoms with Crippen molar-refractivity contribution in [1.29, 1.82) is 0 Å². The molecule has 4 N–H and O–H groups in total. The number of aliphatic hydroxyl groups is 1. The first-order valence-electron chi connectivity index (χ1n) is 4.61. The standard InChI is InChI=1S/C9H20N2O3/c1-9(2,3)7(12)6(5-10-4)11-8(13)14/h6-7,10-12H,5H2,1-4H3,(H,13,14)/t6?,7-/m1/s1. The van der Waals surface area contributed by atoms with E-state index in [4.69, 9.17) is 5.11 Å². The Kier molecular flexibility index (Phi) is 4.87. The number of likely N-dealkylation sites (N-methyl/N-ethyl adjacent to an activating group) is 1. The fourth-order valence-corrected chi connectivity index (χ4v) is 1.22. The van der Waals surface area contributed by atoms with Crippen molar-refractivity contribution in [2.45, 2.75) is 32.9 Å². The van der Waals surface area contributed by atoms with Gasteiger partial charge in [0.1, 0.15) is 0 Å². The fraction of sp³-hybridized carbons (Fsp3) is 0.889. The van der Waals surface area contributed by atoms with Gasteiger partial charge in [0.15, 0.2) is 0 Å². The zero-order valence-corrected chi connectivity index (χ0v) is 9.16. The van der Waals surface area contributed by atoms with Crippen LogP contribution in [-0.2, 0) is 0 Å². The third-order valence-electron chi connectivity index (χ3n) is 2.00. The van der Waals surface area contributed by atoms with Crippen molar-refractivity contribution in [2.75, 3.05) is 13.6 Å².